The highest BCUT2D eigenvalue weighted by Crippen LogP contribution is 2.51. The number of ketones is 1. The minimum atomic E-state index is -1.30. The minimum absolute atomic E-state index is 0.0835. The summed E-state index contributed by atoms with van der Waals surface area (Å²) in [4.78, 5) is 50.0. The van der Waals surface area contributed by atoms with Crippen molar-refractivity contribution >= 4 is 34.4 Å². The number of esters is 2. The van der Waals surface area contributed by atoms with E-state index in [1.807, 2.05) is 111 Å². The number of benzene rings is 3. The van der Waals surface area contributed by atoms with E-state index < -0.39 is 35.5 Å². The normalized spacial score (nSPS) is 17.4. The summed E-state index contributed by atoms with van der Waals surface area (Å²) in [7, 11) is 3.90. The van der Waals surface area contributed by atoms with E-state index in [-0.39, 0.29) is 18.8 Å². The second-order valence-electron chi connectivity index (χ2n) is 11.5. The first-order valence-corrected chi connectivity index (χ1v) is 15.5. The maximum atomic E-state index is 14.9. The Bertz CT molecular complexity index is 1920. The van der Waals surface area contributed by atoms with Crippen LogP contribution in [0.4, 0.5) is 5.69 Å². The lowest BCUT2D eigenvalue weighted by molar-refractivity contribution is -0.150. The average molecular weight is 617 g/mol. The molecule has 3 atom stereocenters. The Hall–Kier alpha value is -5.31. The molecule has 234 valence electrons. The van der Waals surface area contributed by atoms with E-state index in [1.54, 1.807) is 18.5 Å². The van der Waals surface area contributed by atoms with Crippen LogP contribution in [0.15, 0.2) is 84.9 Å². The zero-order valence-electron chi connectivity index (χ0n) is 26.6. The molecule has 0 saturated heterocycles. The number of hydrogen-bond acceptors (Lipinski definition) is 8. The van der Waals surface area contributed by atoms with Gasteiger partial charge in [-0.3, -0.25) is 14.4 Å². The quantitative estimate of drug-likeness (QED) is 0.149. The smallest absolute Gasteiger partial charge is 0.317 e. The van der Waals surface area contributed by atoms with Gasteiger partial charge < -0.3 is 14.4 Å². The summed E-state index contributed by atoms with van der Waals surface area (Å²) in [5.41, 5.74) is 5.21. The number of Topliss-reactive ketones (excluding diaryl/α,β-unsaturated/α-hetero) is 1. The molecule has 0 amide bonds. The maximum absolute atomic E-state index is 14.9. The van der Waals surface area contributed by atoms with Crippen LogP contribution in [0.2, 0.25) is 0 Å². The van der Waals surface area contributed by atoms with Crippen LogP contribution in [0.25, 0.3) is 28.0 Å². The fraction of sp³-hybridized carbons (Fsp3) is 0.270. The summed E-state index contributed by atoms with van der Waals surface area (Å²) in [6.07, 6.45) is 0. The third-order valence-corrected chi connectivity index (χ3v) is 8.51. The Morgan fingerprint density at radius 2 is 1.41 bits per heavy atom. The molecule has 9 heteroatoms. The summed E-state index contributed by atoms with van der Waals surface area (Å²) in [6.45, 7) is 5.49. The predicted octanol–water partition coefficient (Wildman–Crippen LogP) is 6.27. The molecule has 6 rings (SSSR count). The molecule has 1 aliphatic rings. The number of para-hydroxylation sites is 1. The van der Waals surface area contributed by atoms with E-state index in [2.05, 4.69) is 0 Å². The van der Waals surface area contributed by atoms with Gasteiger partial charge >= 0.3 is 11.9 Å². The molecule has 0 fully saturated rings. The van der Waals surface area contributed by atoms with Gasteiger partial charge in [0.1, 0.15) is 5.92 Å². The Balaban J connectivity index is 1.76. The van der Waals surface area contributed by atoms with Crippen molar-refractivity contribution in [1.82, 2.24) is 14.8 Å². The number of carbonyl (C=O) groups excluding carboxylic acids is 3. The fourth-order valence-corrected chi connectivity index (χ4v) is 6.52. The second kappa shape index (κ2) is 12.6. The lowest BCUT2D eigenvalue weighted by Crippen LogP contribution is -2.43. The molecule has 0 unspecified atom stereocenters. The van der Waals surface area contributed by atoms with E-state index in [4.69, 9.17) is 19.6 Å². The molecule has 0 N–H and O–H groups in total. The standard InChI is InChI=1S/C37H36N4O5/c1-6-45-36(43)30-28(23-14-10-8-11-15-23)32(37(44)46-7-2)34(42)31-29(30)27-22(3)39-41(26-16-12-9-13-17-26)35(27)38-33(31)24-18-20-25(21-19-24)40(4)5/h8-21,28,30,32H,6-7H2,1-5H3/t28-,30+,32-/m1/s1. The van der Waals surface area contributed by atoms with Crippen LogP contribution >= 0.6 is 0 Å². The molecule has 46 heavy (non-hydrogen) atoms. The number of ether oxygens (including phenoxy) is 2. The van der Waals surface area contributed by atoms with Gasteiger partial charge in [-0.15, -0.1) is 0 Å². The summed E-state index contributed by atoms with van der Waals surface area (Å²) in [5.74, 6) is -4.88. The Morgan fingerprint density at radius 1 is 0.826 bits per heavy atom. The maximum Gasteiger partial charge on any atom is 0.317 e. The van der Waals surface area contributed by atoms with Crippen LogP contribution in [0.1, 0.15) is 52.9 Å². The van der Waals surface area contributed by atoms with Crippen molar-refractivity contribution in [2.24, 2.45) is 5.92 Å². The average Bonchev–Trinajstić information content (AvgIpc) is 3.41. The lowest BCUT2D eigenvalue weighted by atomic mass is 9.64. The van der Waals surface area contributed by atoms with Gasteiger partial charge in [0.15, 0.2) is 11.4 Å². The first kappa shape index (κ1) is 30.7. The number of carbonyl (C=O) groups is 3. The zero-order valence-corrected chi connectivity index (χ0v) is 26.6. The highest BCUT2D eigenvalue weighted by atomic mass is 16.5. The predicted molar refractivity (Wildman–Crippen MR) is 176 cm³/mol. The number of hydrogen-bond donors (Lipinski definition) is 0. The lowest BCUT2D eigenvalue weighted by Gasteiger charge is -2.37. The van der Waals surface area contributed by atoms with Crippen molar-refractivity contribution in [2.45, 2.75) is 32.6 Å². The Labute approximate surface area is 267 Å². The molecule has 0 spiro atoms. The molecule has 2 aromatic heterocycles. The SMILES string of the molecule is CCOC(=O)[C@H]1C(=O)c2c(-c3ccc(N(C)C)cc3)nc3c(c(C)nn3-c3ccccc3)c2[C@@H](C(=O)OCC)[C@H]1c1ccccc1. The minimum Gasteiger partial charge on any atom is -0.466 e. The molecule has 0 bridgehead atoms. The summed E-state index contributed by atoms with van der Waals surface area (Å²) < 4.78 is 13.0. The van der Waals surface area contributed by atoms with Crippen molar-refractivity contribution < 1.29 is 23.9 Å². The topological polar surface area (TPSA) is 104 Å². The highest BCUT2D eigenvalue weighted by molar-refractivity contribution is 6.18. The second-order valence-corrected chi connectivity index (χ2v) is 11.5. The Kier molecular flexibility index (Phi) is 8.41. The van der Waals surface area contributed by atoms with Crippen LogP contribution in [0, 0.1) is 12.8 Å². The van der Waals surface area contributed by atoms with Crippen LogP contribution in [-0.4, -0.2) is 59.8 Å². The molecule has 0 radical (unpaired) electrons. The fourth-order valence-electron chi connectivity index (χ4n) is 6.52. The van der Waals surface area contributed by atoms with E-state index in [9.17, 15) is 14.4 Å². The van der Waals surface area contributed by atoms with Gasteiger partial charge in [0.25, 0.3) is 0 Å². The van der Waals surface area contributed by atoms with Gasteiger partial charge in [0.05, 0.1) is 36.2 Å². The third kappa shape index (κ3) is 5.21. The van der Waals surface area contributed by atoms with Gasteiger partial charge in [-0.1, -0.05) is 60.7 Å². The summed E-state index contributed by atoms with van der Waals surface area (Å²) >= 11 is 0. The van der Waals surface area contributed by atoms with Gasteiger partial charge in [0.2, 0.25) is 0 Å². The third-order valence-electron chi connectivity index (χ3n) is 8.51. The number of nitrogens with zero attached hydrogens (tertiary/aromatic N) is 4. The molecule has 0 aliphatic heterocycles. The van der Waals surface area contributed by atoms with Gasteiger partial charge in [-0.05, 0) is 56.2 Å². The van der Waals surface area contributed by atoms with Crippen LogP contribution in [0.3, 0.4) is 0 Å². The number of anilines is 1. The Morgan fingerprint density at radius 3 is 2.00 bits per heavy atom. The summed E-state index contributed by atoms with van der Waals surface area (Å²) in [6, 6.07) is 26.5. The van der Waals surface area contributed by atoms with Crippen molar-refractivity contribution in [3.05, 3.63) is 107 Å². The van der Waals surface area contributed by atoms with Crippen LogP contribution < -0.4 is 4.90 Å². The van der Waals surface area contributed by atoms with Crippen molar-refractivity contribution in [3.63, 3.8) is 0 Å². The van der Waals surface area contributed by atoms with E-state index in [0.717, 1.165) is 11.4 Å². The molecule has 3 aromatic carbocycles. The van der Waals surface area contributed by atoms with Gasteiger partial charge in [-0.25, -0.2) is 9.67 Å². The number of aromatic nitrogens is 3. The van der Waals surface area contributed by atoms with Gasteiger partial charge in [-0.2, -0.15) is 5.10 Å². The van der Waals surface area contributed by atoms with E-state index >= 15 is 0 Å². The van der Waals surface area contributed by atoms with Crippen LogP contribution in [-0.2, 0) is 19.1 Å². The molecule has 9 nitrogen and oxygen atoms in total. The first-order valence-electron chi connectivity index (χ1n) is 15.5. The number of fused-ring (bicyclic) bond motifs is 3. The van der Waals surface area contributed by atoms with Crippen molar-refractivity contribution in [1.29, 1.82) is 0 Å². The van der Waals surface area contributed by atoms with E-state index in [0.29, 0.717) is 39.1 Å². The monoisotopic (exact) mass is 616 g/mol. The largest absolute Gasteiger partial charge is 0.466 e. The van der Waals surface area contributed by atoms with Crippen LogP contribution in [0.5, 0.6) is 0 Å². The van der Waals surface area contributed by atoms with Crippen molar-refractivity contribution in [3.8, 4) is 16.9 Å². The zero-order chi connectivity index (χ0) is 32.5. The summed E-state index contributed by atoms with van der Waals surface area (Å²) in [5, 5.41) is 5.46. The van der Waals surface area contributed by atoms with E-state index in [1.165, 1.54) is 0 Å². The molecule has 5 aromatic rings. The first-order chi connectivity index (χ1) is 22.3. The molecule has 2 heterocycles. The molecular formula is C37H36N4O5. The number of rotatable bonds is 8. The number of pyridine rings is 1. The van der Waals surface area contributed by atoms with Gasteiger partial charge in [0, 0.05) is 42.2 Å². The highest BCUT2D eigenvalue weighted by Gasteiger charge is 2.53. The van der Waals surface area contributed by atoms with Crippen molar-refractivity contribution in [2.75, 3.05) is 32.2 Å². The molecular weight excluding hydrogens is 580 g/mol. The number of aryl methyl sites for hydroxylation is 1. The molecule has 1 aliphatic carbocycles. The molecule has 0 saturated carbocycles.